The molecule has 1 aliphatic rings. The van der Waals surface area contributed by atoms with Gasteiger partial charge in [-0.15, -0.1) is 0 Å². The molecule has 6 nitrogen and oxygen atoms in total. The van der Waals surface area contributed by atoms with Crippen LogP contribution in [0, 0.1) is 24.1 Å². The monoisotopic (exact) mass is 430 g/mol. The maximum absolute atomic E-state index is 14.5. The number of carbonyl (C=O) groups excluding carboxylic acids is 1. The van der Waals surface area contributed by atoms with E-state index in [1.165, 1.54) is 12.1 Å². The lowest BCUT2D eigenvalue weighted by molar-refractivity contribution is -0.136. The van der Waals surface area contributed by atoms with Crippen molar-refractivity contribution in [3.63, 3.8) is 0 Å². The first kappa shape index (κ1) is 20.9. The van der Waals surface area contributed by atoms with Crippen molar-refractivity contribution in [2.75, 3.05) is 6.61 Å². The number of allylic oxidation sites excluding steroid dienone is 1. The van der Waals surface area contributed by atoms with Gasteiger partial charge in [0.05, 0.1) is 5.92 Å². The van der Waals surface area contributed by atoms with Crippen LogP contribution >= 0.6 is 0 Å². The zero-order chi connectivity index (χ0) is 22.7. The normalized spacial score (nSPS) is 14.7. The number of nitriles is 1. The molecule has 1 unspecified atom stereocenters. The molecule has 1 heterocycles. The van der Waals surface area contributed by atoms with Crippen molar-refractivity contribution in [3.8, 4) is 23.3 Å². The van der Waals surface area contributed by atoms with E-state index in [4.69, 9.17) is 19.9 Å². The zero-order valence-corrected chi connectivity index (χ0v) is 17.2. The molecule has 4 rings (SSSR count). The Morgan fingerprint density at radius 3 is 2.66 bits per heavy atom. The Hall–Kier alpha value is -4.31. The molecule has 0 fully saturated rings. The van der Waals surface area contributed by atoms with Crippen molar-refractivity contribution in [2.24, 2.45) is 5.73 Å². The minimum Gasteiger partial charge on any atom is -0.482 e. The molecule has 0 aliphatic carbocycles. The number of carbonyl (C=O) groups is 1. The summed E-state index contributed by atoms with van der Waals surface area (Å²) in [5.41, 5.74) is 7.90. The van der Waals surface area contributed by atoms with Gasteiger partial charge in [-0.25, -0.2) is 9.18 Å². The summed E-state index contributed by atoms with van der Waals surface area (Å²) in [4.78, 5) is 12.2. The molecule has 1 atom stereocenters. The third kappa shape index (κ3) is 4.25. The highest BCUT2D eigenvalue weighted by Crippen LogP contribution is 2.44. The number of hydrogen-bond donors (Lipinski definition) is 1. The Morgan fingerprint density at radius 1 is 1.09 bits per heavy atom. The quantitative estimate of drug-likeness (QED) is 0.478. The highest BCUT2D eigenvalue weighted by molar-refractivity contribution is 5.74. The molecule has 7 heteroatoms. The number of halogens is 1. The highest BCUT2D eigenvalue weighted by atomic mass is 19.1. The van der Waals surface area contributed by atoms with Gasteiger partial charge in [0.1, 0.15) is 34.7 Å². The maximum atomic E-state index is 14.5. The molecule has 0 saturated heterocycles. The lowest BCUT2D eigenvalue weighted by Gasteiger charge is -2.27. The van der Waals surface area contributed by atoms with E-state index in [1.54, 1.807) is 36.4 Å². The van der Waals surface area contributed by atoms with Crippen LogP contribution in [0.3, 0.4) is 0 Å². The van der Waals surface area contributed by atoms with Crippen LogP contribution in [-0.4, -0.2) is 12.6 Å². The van der Waals surface area contributed by atoms with E-state index in [0.717, 1.165) is 5.56 Å². The largest absolute Gasteiger partial charge is 0.482 e. The fraction of sp³-hybridized carbons (Fsp3) is 0.120. The number of aryl methyl sites for hydroxylation is 1. The molecule has 160 valence electrons. The first-order chi connectivity index (χ1) is 15.5. The molecule has 0 bridgehead atoms. The molecule has 0 amide bonds. The van der Waals surface area contributed by atoms with Gasteiger partial charge >= 0.3 is 5.97 Å². The van der Waals surface area contributed by atoms with E-state index in [2.05, 4.69) is 0 Å². The molecular weight excluding hydrogens is 411 g/mol. The van der Waals surface area contributed by atoms with Crippen LogP contribution in [0.5, 0.6) is 17.2 Å². The lowest BCUT2D eigenvalue weighted by atomic mass is 9.83. The van der Waals surface area contributed by atoms with E-state index < -0.39 is 17.7 Å². The number of benzene rings is 3. The summed E-state index contributed by atoms with van der Waals surface area (Å²) >= 11 is 0. The van der Waals surface area contributed by atoms with Gasteiger partial charge in [0.2, 0.25) is 5.88 Å². The van der Waals surface area contributed by atoms with Gasteiger partial charge in [-0.3, -0.25) is 0 Å². The molecular formula is C25H19FN2O4. The van der Waals surface area contributed by atoms with Gasteiger partial charge in [0, 0.05) is 17.2 Å². The predicted octanol–water partition coefficient (Wildman–Crippen LogP) is 4.34. The second-order valence-corrected chi connectivity index (χ2v) is 7.23. The number of nitrogens with zero attached hydrogens (tertiary/aromatic N) is 1. The Balaban J connectivity index is 1.56. The van der Waals surface area contributed by atoms with Crippen molar-refractivity contribution in [1.82, 2.24) is 0 Å². The molecule has 3 aromatic rings. The summed E-state index contributed by atoms with van der Waals surface area (Å²) in [6.45, 7) is 1.64. The summed E-state index contributed by atoms with van der Waals surface area (Å²) in [6, 6.07) is 20.1. The molecule has 3 aromatic carbocycles. The van der Waals surface area contributed by atoms with Crippen molar-refractivity contribution in [3.05, 3.63) is 101 Å². The smallest absolute Gasteiger partial charge is 0.349 e. The minimum absolute atomic E-state index is 0.110. The SMILES string of the molecule is Cc1cccc(OCC(=O)Oc2ccc3c(c2)OC(N)=C(C#N)C3c2ccccc2F)c1. The van der Waals surface area contributed by atoms with Crippen molar-refractivity contribution >= 4 is 5.97 Å². The first-order valence-electron chi connectivity index (χ1n) is 9.82. The number of nitrogens with two attached hydrogens (primary N) is 1. The number of fused-ring (bicyclic) bond motifs is 1. The summed E-state index contributed by atoms with van der Waals surface area (Å²) in [6.07, 6.45) is 0. The third-order valence-corrected chi connectivity index (χ3v) is 4.98. The predicted molar refractivity (Wildman–Crippen MR) is 114 cm³/mol. The molecule has 0 radical (unpaired) electrons. The zero-order valence-electron chi connectivity index (χ0n) is 17.2. The van der Waals surface area contributed by atoms with Crippen LogP contribution < -0.4 is 19.9 Å². The molecule has 1 aliphatic heterocycles. The van der Waals surface area contributed by atoms with E-state index in [0.29, 0.717) is 16.9 Å². The fourth-order valence-corrected chi connectivity index (χ4v) is 3.54. The molecule has 0 aromatic heterocycles. The third-order valence-electron chi connectivity index (χ3n) is 4.98. The van der Waals surface area contributed by atoms with Gasteiger partial charge < -0.3 is 19.9 Å². The molecule has 2 N–H and O–H groups in total. The van der Waals surface area contributed by atoms with Crippen LogP contribution in [0.25, 0.3) is 0 Å². The van der Waals surface area contributed by atoms with Crippen LogP contribution in [0.1, 0.15) is 22.6 Å². The topological polar surface area (TPSA) is 94.6 Å². The van der Waals surface area contributed by atoms with Crippen molar-refractivity contribution < 1.29 is 23.4 Å². The minimum atomic E-state index is -0.737. The molecule has 0 spiro atoms. The molecule has 0 saturated carbocycles. The van der Waals surface area contributed by atoms with Gasteiger partial charge in [0.25, 0.3) is 0 Å². The van der Waals surface area contributed by atoms with E-state index in [9.17, 15) is 14.4 Å². The Labute approximate surface area is 184 Å². The van der Waals surface area contributed by atoms with Crippen molar-refractivity contribution in [2.45, 2.75) is 12.8 Å². The van der Waals surface area contributed by atoms with Gasteiger partial charge in [-0.05, 0) is 36.8 Å². The van der Waals surface area contributed by atoms with Gasteiger partial charge in [-0.1, -0.05) is 36.4 Å². The number of hydrogen-bond acceptors (Lipinski definition) is 6. The van der Waals surface area contributed by atoms with Gasteiger partial charge in [0.15, 0.2) is 6.61 Å². The number of esters is 1. The van der Waals surface area contributed by atoms with E-state index in [1.807, 2.05) is 31.2 Å². The van der Waals surface area contributed by atoms with Crippen LogP contribution in [0.2, 0.25) is 0 Å². The summed E-state index contributed by atoms with van der Waals surface area (Å²) in [5, 5.41) is 9.58. The summed E-state index contributed by atoms with van der Waals surface area (Å²) < 4.78 is 30.9. The Bertz CT molecular complexity index is 1260. The second-order valence-electron chi connectivity index (χ2n) is 7.23. The van der Waals surface area contributed by atoms with Crippen LogP contribution in [-0.2, 0) is 4.79 Å². The fourth-order valence-electron chi connectivity index (χ4n) is 3.54. The highest BCUT2D eigenvalue weighted by Gasteiger charge is 2.32. The van der Waals surface area contributed by atoms with Crippen molar-refractivity contribution in [1.29, 1.82) is 5.26 Å². The van der Waals surface area contributed by atoms with Gasteiger partial charge in [-0.2, -0.15) is 5.26 Å². The van der Waals surface area contributed by atoms with E-state index >= 15 is 0 Å². The molecule has 32 heavy (non-hydrogen) atoms. The Kier molecular flexibility index (Phi) is 5.77. The van der Waals surface area contributed by atoms with Crippen LogP contribution in [0.4, 0.5) is 4.39 Å². The summed E-state index contributed by atoms with van der Waals surface area (Å²) in [5.74, 6) is -0.880. The van der Waals surface area contributed by atoms with E-state index in [-0.39, 0.29) is 29.6 Å². The maximum Gasteiger partial charge on any atom is 0.349 e. The standard InChI is InChI=1S/C25H19FN2O4/c1-15-5-4-6-16(11-15)30-14-23(29)31-17-9-10-19-22(12-17)32-25(28)20(13-27)24(19)18-7-2-3-8-21(18)26/h2-12,24H,14,28H2,1H3. The first-order valence-corrected chi connectivity index (χ1v) is 9.82. The second kappa shape index (κ2) is 8.82. The lowest BCUT2D eigenvalue weighted by Crippen LogP contribution is -2.22. The number of rotatable bonds is 5. The van der Waals surface area contributed by atoms with Crippen LogP contribution in [0.15, 0.2) is 78.2 Å². The number of ether oxygens (including phenoxy) is 3. The summed E-state index contributed by atoms with van der Waals surface area (Å²) in [7, 11) is 0. The average molecular weight is 430 g/mol. The Morgan fingerprint density at radius 2 is 1.91 bits per heavy atom. The average Bonchev–Trinajstić information content (AvgIpc) is 2.77.